The molecule has 15 heavy (non-hydrogen) atoms. The molecule has 0 aliphatic carbocycles. The lowest BCUT2D eigenvalue weighted by molar-refractivity contribution is -0.146. The first-order valence-corrected chi connectivity index (χ1v) is 6.81. The van der Waals surface area contributed by atoms with Crippen LogP contribution in [0.1, 0.15) is 6.92 Å². The van der Waals surface area contributed by atoms with Crippen molar-refractivity contribution >= 4 is 15.3 Å². The van der Waals surface area contributed by atoms with E-state index in [1.165, 1.54) is 0 Å². The van der Waals surface area contributed by atoms with E-state index in [4.69, 9.17) is 12.6 Å². The van der Waals surface area contributed by atoms with Gasteiger partial charge in [0, 0.05) is 18.7 Å². The highest BCUT2D eigenvalue weighted by atomic mass is 31.2. The van der Waals surface area contributed by atoms with Crippen LogP contribution in [0.4, 0.5) is 0 Å². The zero-order valence-electron chi connectivity index (χ0n) is 9.46. The fourth-order valence-corrected chi connectivity index (χ4v) is 4.02. The lowest BCUT2D eigenvalue weighted by atomic mass is 9.99. The molecule has 1 rings (SSSR count). The molecule has 0 aromatic rings. The van der Waals surface area contributed by atoms with Crippen molar-refractivity contribution in [1.29, 1.82) is 0 Å². The molecule has 1 heterocycles. The Balaban J connectivity index is 2.81. The second-order valence-corrected chi connectivity index (χ2v) is 7.16. The molecule has 1 saturated heterocycles. The maximum absolute atomic E-state index is 12.6. The second kappa shape index (κ2) is 4.98. The van der Waals surface area contributed by atoms with Crippen LogP contribution < -0.4 is 0 Å². The molecular weight excluding hydrogens is 214 g/mol. The maximum atomic E-state index is 12.6. The quantitative estimate of drug-likeness (QED) is 0.544. The minimum Gasteiger partial charge on any atom is -0.367 e. The average molecular weight is 232 g/mol. The summed E-state index contributed by atoms with van der Waals surface area (Å²) >= 11 is 0. The molecule has 3 unspecified atom stereocenters. The third kappa shape index (κ3) is 2.83. The van der Waals surface area contributed by atoms with Crippen molar-refractivity contribution in [3.63, 3.8) is 0 Å². The summed E-state index contributed by atoms with van der Waals surface area (Å²) in [5.41, 5.74) is 0. The summed E-state index contributed by atoms with van der Waals surface area (Å²) in [4.78, 5) is 0. The minimum atomic E-state index is -2.58. The number of hydrogen-bond acceptors (Lipinski definition) is 3. The van der Waals surface area contributed by atoms with Gasteiger partial charge in [-0.3, -0.25) is 4.57 Å². The van der Waals surface area contributed by atoms with Gasteiger partial charge in [-0.2, -0.15) is 0 Å². The van der Waals surface area contributed by atoms with E-state index in [9.17, 15) is 9.67 Å². The number of aliphatic hydroxyl groups is 1. The van der Waals surface area contributed by atoms with Gasteiger partial charge in [-0.1, -0.05) is 6.92 Å². The molecule has 86 valence electrons. The Labute approximate surface area is 92.3 Å². The first-order chi connectivity index (χ1) is 6.90. The number of rotatable bonds is 3. The Hall–Kier alpha value is 0.135. The monoisotopic (exact) mass is 232 g/mol. The van der Waals surface area contributed by atoms with Crippen LogP contribution in [0.2, 0.25) is 0 Å². The van der Waals surface area contributed by atoms with Crippen molar-refractivity contribution in [1.82, 2.24) is 9.34 Å². The molecule has 0 amide bonds. The summed E-state index contributed by atoms with van der Waals surface area (Å²) in [5, 5.41) is 9.41. The van der Waals surface area contributed by atoms with Gasteiger partial charge in [-0.15, -0.1) is 0 Å². The Morgan fingerprint density at radius 2 is 2.20 bits per heavy atom. The normalized spacial score (nSPS) is 32.9. The van der Waals surface area contributed by atoms with E-state index in [1.54, 1.807) is 23.4 Å². The topological polar surface area (TPSA) is 53.0 Å². The van der Waals surface area contributed by atoms with Gasteiger partial charge in [0.05, 0.1) is 6.54 Å². The van der Waals surface area contributed by atoms with E-state index >= 15 is 0 Å². The molecule has 0 saturated carbocycles. The number of aliphatic hydroxyl groups excluding tert-OH is 1. The molecule has 0 aromatic heterocycles. The summed E-state index contributed by atoms with van der Waals surface area (Å²) in [6.45, 7) is 2.51. The Kier molecular flexibility index (Phi) is 4.38. The molecule has 1 aliphatic heterocycles. The van der Waals surface area contributed by atoms with Crippen LogP contribution >= 0.6 is 7.44 Å². The zero-order valence-corrected chi connectivity index (χ0v) is 10.4. The first-order valence-electron chi connectivity index (χ1n) is 5.01. The SMILES string of the molecule is [B]C1CN(P(=O)(CC)N(C)C)CC(O)O1. The Bertz CT molecular complexity index is 254. The third-order valence-electron chi connectivity index (χ3n) is 2.57. The predicted molar refractivity (Wildman–Crippen MR) is 60.0 cm³/mol. The van der Waals surface area contributed by atoms with Gasteiger partial charge >= 0.3 is 0 Å². The summed E-state index contributed by atoms with van der Waals surface area (Å²) < 4.78 is 21.0. The molecule has 3 atom stereocenters. The fraction of sp³-hybridized carbons (Fsp3) is 1.00. The largest absolute Gasteiger partial charge is 0.367 e. The van der Waals surface area contributed by atoms with Crippen LogP contribution in [0.3, 0.4) is 0 Å². The highest BCUT2D eigenvalue weighted by Crippen LogP contribution is 2.51. The lowest BCUT2D eigenvalue weighted by Crippen LogP contribution is -2.47. The molecule has 1 fully saturated rings. The van der Waals surface area contributed by atoms with Gasteiger partial charge < -0.3 is 9.84 Å². The summed E-state index contributed by atoms with van der Waals surface area (Å²) in [6.07, 6.45) is -0.423. The van der Waals surface area contributed by atoms with E-state index in [-0.39, 0.29) is 6.54 Å². The summed E-state index contributed by atoms with van der Waals surface area (Å²) in [7, 11) is 6.58. The van der Waals surface area contributed by atoms with Crippen LogP contribution in [0.5, 0.6) is 0 Å². The highest BCUT2D eigenvalue weighted by molar-refractivity contribution is 7.59. The number of ether oxygens (including phenoxy) is 1. The molecule has 0 spiro atoms. The summed E-state index contributed by atoms with van der Waals surface area (Å²) in [5.74, 6) is 0. The van der Waals surface area contributed by atoms with E-state index in [1.807, 2.05) is 6.92 Å². The molecule has 5 nitrogen and oxygen atoms in total. The van der Waals surface area contributed by atoms with Crippen LogP contribution in [0.25, 0.3) is 0 Å². The standard InChI is InChI=1S/C8H18BN2O3P/c1-4-15(13,10(2)3)11-5-7(9)14-8(12)6-11/h7-8,12H,4-6H2,1-3H3. The number of nitrogens with zero attached hydrogens (tertiary/aromatic N) is 2. The van der Waals surface area contributed by atoms with Crippen LogP contribution in [-0.4, -0.2) is 67.9 Å². The van der Waals surface area contributed by atoms with E-state index in [0.717, 1.165) is 0 Å². The maximum Gasteiger partial charge on any atom is 0.215 e. The minimum absolute atomic E-state index is 0.247. The Morgan fingerprint density at radius 3 is 2.60 bits per heavy atom. The first kappa shape index (κ1) is 13.2. The van der Waals surface area contributed by atoms with Gasteiger partial charge in [0.2, 0.25) is 7.44 Å². The van der Waals surface area contributed by atoms with Gasteiger partial charge in [0.25, 0.3) is 0 Å². The smallest absolute Gasteiger partial charge is 0.215 e. The molecule has 0 aromatic carbocycles. The zero-order chi connectivity index (χ0) is 11.6. The molecule has 1 N–H and O–H groups in total. The lowest BCUT2D eigenvalue weighted by Gasteiger charge is -2.41. The van der Waals surface area contributed by atoms with Crippen molar-refractivity contribution < 1.29 is 14.4 Å². The highest BCUT2D eigenvalue weighted by Gasteiger charge is 2.36. The van der Waals surface area contributed by atoms with Gasteiger partial charge in [-0.05, 0) is 14.1 Å². The predicted octanol–water partition coefficient (Wildman–Crippen LogP) is -0.0938. The van der Waals surface area contributed by atoms with E-state index in [0.29, 0.717) is 12.7 Å². The van der Waals surface area contributed by atoms with Crippen molar-refractivity contribution in [2.45, 2.75) is 19.2 Å². The molecule has 2 radical (unpaired) electrons. The number of morpholine rings is 1. The van der Waals surface area contributed by atoms with E-state index in [2.05, 4.69) is 0 Å². The van der Waals surface area contributed by atoms with Crippen molar-refractivity contribution in [2.24, 2.45) is 0 Å². The van der Waals surface area contributed by atoms with Gasteiger partial charge in [0.15, 0.2) is 6.29 Å². The summed E-state index contributed by atoms with van der Waals surface area (Å²) in [6, 6.07) is -0.575. The van der Waals surface area contributed by atoms with Gasteiger partial charge in [-0.25, -0.2) is 9.34 Å². The molecule has 1 aliphatic rings. The fourth-order valence-electron chi connectivity index (χ4n) is 1.74. The van der Waals surface area contributed by atoms with Crippen molar-refractivity contribution in [3.05, 3.63) is 0 Å². The van der Waals surface area contributed by atoms with Crippen LogP contribution in [0, 0.1) is 0 Å². The van der Waals surface area contributed by atoms with E-state index < -0.39 is 19.7 Å². The Morgan fingerprint density at radius 1 is 1.60 bits per heavy atom. The van der Waals surface area contributed by atoms with Crippen molar-refractivity contribution in [2.75, 3.05) is 33.3 Å². The second-order valence-electron chi connectivity index (χ2n) is 3.83. The van der Waals surface area contributed by atoms with Crippen LogP contribution in [0.15, 0.2) is 0 Å². The molecule has 7 heteroatoms. The molecular formula is C8H18BN2O3P. The third-order valence-corrected chi connectivity index (χ3v) is 5.85. The van der Waals surface area contributed by atoms with Crippen LogP contribution in [-0.2, 0) is 9.30 Å². The average Bonchev–Trinajstić information content (AvgIpc) is 2.14. The molecule has 0 bridgehead atoms. The van der Waals surface area contributed by atoms with Crippen molar-refractivity contribution in [3.8, 4) is 0 Å². The number of hydrogen-bond donors (Lipinski definition) is 1. The number of β-amino-alcohol motifs (C(OH)–C–C–N with tert-alkyl or cyclic N) is 1. The van der Waals surface area contributed by atoms with Gasteiger partial charge in [0.1, 0.15) is 7.85 Å².